The van der Waals surface area contributed by atoms with E-state index >= 15 is 0 Å². The van der Waals surface area contributed by atoms with Gasteiger partial charge in [-0.2, -0.15) is 0 Å². The lowest BCUT2D eigenvalue weighted by molar-refractivity contribution is -0.136. The molecule has 10 heteroatoms. The molecule has 1 aromatic heterocycles. The largest absolute Gasteiger partial charge is 0.457 e. The zero-order chi connectivity index (χ0) is 25.2. The number of nitrogens with zero attached hydrogens (tertiary/aromatic N) is 3. The predicted octanol–water partition coefficient (Wildman–Crippen LogP) is 4.61. The molecule has 0 aliphatic carbocycles. The van der Waals surface area contributed by atoms with Crippen molar-refractivity contribution in [1.29, 1.82) is 0 Å². The van der Waals surface area contributed by atoms with Gasteiger partial charge >= 0.3 is 0 Å². The van der Waals surface area contributed by atoms with Gasteiger partial charge in [0.2, 0.25) is 5.91 Å². The Morgan fingerprint density at radius 2 is 1.72 bits per heavy atom. The third-order valence-corrected chi connectivity index (χ3v) is 6.92. The summed E-state index contributed by atoms with van der Waals surface area (Å²) in [5, 5.41) is -0.543. The van der Waals surface area contributed by atoms with Crippen LogP contribution < -0.4 is 4.90 Å². The molecule has 7 nitrogen and oxygen atoms in total. The number of carbonyl (C=O) groups excluding carboxylic acids is 3. The third-order valence-electron chi connectivity index (χ3n) is 6.02. The monoisotopic (exact) mass is 509 g/mol. The Kier molecular flexibility index (Phi) is 6.60. The molecule has 0 saturated carbocycles. The molecule has 2 aliphatic heterocycles. The zero-order valence-corrected chi connectivity index (χ0v) is 19.8. The van der Waals surface area contributed by atoms with Crippen molar-refractivity contribution in [1.82, 2.24) is 9.80 Å². The summed E-state index contributed by atoms with van der Waals surface area (Å²) in [4.78, 5) is 43.0. The molecule has 3 heterocycles. The average molecular weight is 510 g/mol. The van der Waals surface area contributed by atoms with Crippen LogP contribution in [0.25, 0.3) is 17.4 Å². The molecule has 2 aromatic carbocycles. The molecule has 0 radical (unpaired) electrons. The molecule has 2 aliphatic rings. The van der Waals surface area contributed by atoms with E-state index < -0.39 is 22.8 Å². The van der Waals surface area contributed by atoms with Crippen molar-refractivity contribution in [3.05, 3.63) is 83.0 Å². The standard InChI is InChI=1S/C26H21F2N3O4S/c27-17-6-8-20(21(28)14-17)22-9-7-19(35-22)15-23-25(33)31(26(34)36-23)16-24(32)30-12-10-29(11-13-30)18-4-2-1-3-5-18/h1-9,14-15H,10-13,16H2/b23-15+. The van der Waals surface area contributed by atoms with Gasteiger partial charge in [-0.3, -0.25) is 19.3 Å². The summed E-state index contributed by atoms with van der Waals surface area (Å²) < 4.78 is 32.8. The van der Waals surface area contributed by atoms with Gasteiger partial charge in [-0.25, -0.2) is 8.78 Å². The topological polar surface area (TPSA) is 74.1 Å². The second-order valence-corrected chi connectivity index (χ2v) is 9.29. The minimum absolute atomic E-state index is 0.0714. The Hall–Kier alpha value is -3.92. The maximum absolute atomic E-state index is 14.0. The van der Waals surface area contributed by atoms with Crippen molar-refractivity contribution in [2.75, 3.05) is 37.6 Å². The number of thioether (sulfide) groups is 1. The van der Waals surface area contributed by atoms with Crippen LogP contribution in [0, 0.1) is 11.6 Å². The summed E-state index contributed by atoms with van der Waals surface area (Å²) in [7, 11) is 0. The molecule has 0 atom stereocenters. The lowest BCUT2D eigenvalue weighted by Gasteiger charge is -2.36. The van der Waals surface area contributed by atoms with E-state index in [2.05, 4.69) is 4.90 Å². The number of furan rings is 1. The number of benzene rings is 2. The number of piperazine rings is 1. The Bertz CT molecular complexity index is 1350. The van der Waals surface area contributed by atoms with E-state index in [9.17, 15) is 23.2 Å². The molecule has 2 fully saturated rings. The summed E-state index contributed by atoms with van der Waals surface area (Å²) in [6.07, 6.45) is 1.37. The fraction of sp³-hybridized carbons (Fsp3) is 0.192. The quantitative estimate of drug-likeness (QED) is 0.468. The van der Waals surface area contributed by atoms with Crippen LogP contribution in [-0.4, -0.2) is 59.6 Å². The first kappa shape index (κ1) is 23.8. The minimum atomic E-state index is -0.778. The molecule has 0 bridgehead atoms. The van der Waals surface area contributed by atoms with E-state index in [4.69, 9.17) is 4.42 Å². The van der Waals surface area contributed by atoms with E-state index in [1.165, 1.54) is 24.3 Å². The lowest BCUT2D eigenvalue weighted by atomic mass is 10.1. The highest BCUT2D eigenvalue weighted by Gasteiger charge is 2.37. The number of imide groups is 1. The highest BCUT2D eigenvalue weighted by Crippen LogP contribution is 2.34. The lowest BCUT2D eigenvalue weighted by Crippen LogP contribution is -2.51. The van der Waals surface area contributed by atoms with Crippen molar-refractivity contribution in [3.8, 4) is 11.3 Å². The van der Waals surface area contributed by atoms with Gasteiger partial charge in [0.05, 0.1) is 10.5 Å². The molecular weight excluding hydrogens is 488 g/mol. The predicted molar refractivity (Wildman–Crippen MR) is 132 cm³/mol. The molecule has 36 heavy (non-hydrogen) atoms. The first-order chi connectivity index (χ1) is 17.4. The maximum atomic E-state index is 14.0. The van der Waals surface area contributed by atoms with Crippen molar-refractivity contribution < 1.29 is 27.6 Å². The van der Waals surface area contributed by atoms with Crippen molar-refractivity contribution in [3.63, 3.8) is 0 Å². The van der Waals surface area contributed by atoms with Crippen LogP contribution in [0.1, 0.15) is 5.76 Å². The summed E-state index contributed by atoms with van der Waals surface area (Å²) >= 11 is 0.709. The van der Waals surface area contributed by atoms with Crippen LogP contribution in [0.3, 0.4) is 0 Å². The number of hydrogen-bond acceptors (Lipinski definition) is 6. The Balaban J connectivity index is 1.22. The summed E-state index contributed by atoms with van der Waals surface area (Å²) in [5.41, 5.74) is 1.16. The van der Waals surface area contributed by atoms with Crippen molar-refractivity contribution in [2.24, 2.45) is 0 Å². The molecular formula is C26H21F2N3O4S. The Morgan fingerprint density at radius 1 is 0.972 bits per heavy atom. The molecule has 5 rings (SSSR count). The van der Waals surface area contributed by atoms with Crippen LogP contribution in [0.2, 0.25) is 0 Å². The number of para-hydroxylation sites is 1. The average Bonchev–Trinajstić information content (AvgIpc) is 3.44. The molecule has 3 amide bonds. The van der Waals surface area contributed by atoms with Gasteiger partial charge in [-0.1, -0.05) is 18.2 Å². The molecule has 2 saturated heterocycles. The molecule has 3 aromatic rings. The molecule has 0 unspecified atom stereocenters. The van der Waals surface area contributed by atoms with Crippen LogP contribution in [-0.2, 0) is 9.59 Å². The summed E-state index contributed by atoms with van der Waals surface area (Å²) in [6.45, 7) is 1.97. The van der Waals surface area contributed by atoms with E-state index in [0.29, 0.717) is 37.9 Å². The fourth-order valence-corrected chi connectivity index (χ4v) is 4.94. The molecule has 0 spiro atoms. The Labute approximate surface area is 210 Å². The number of amides is 3. The van der Waals surface area contributed by atoms with Gasteiger partial charge in [-0.05, 0) is 48.2 Å². The van der Waals surface area contributed by atoms with Gasteiger partial charge in [-0.15, -0.1) is 0 Å². The van der Waals surface area contributed by atoms with Crippen LogP contribution >= 0.6 is 11.8 Å². The summed E-state index contributed by atoms with van der Waals surface area (Å²) in [6, 6.07) is 16.0. The minimum Gasteiger partial charge on any atom is -0.457 e. The van der Waals surface area contributed by atoms with E-state index in [0.717, 1.165) is 22.7 Å². The first-order valence-electron chi connectivity index (χ1n) is 11.3. The molecule has 184 valence electrons. The number of anilines is 1. The van der Waals surface area contributed by atoms with Gasteiger partial charge in [0.25, 0.3) is 11.1 Å². The van der Waals surface area contributed by atoms with Crippen molar-refractivity contribution >= 4 is 40.6 Å². The second kappa shape index (κ2) is 9.98. The number of carbonyl (C=O) groups is 3. The normalized spacial score (nSPS) is 17.4. The van der Waals surface area contributed by atoms with Crippen LogP contribution in [0.5, 0.6) is 0 Å². The van der Waals surface area contributed by atoms with Gasteiger partial charge in [0, 0.05) is 44.0 Å². The smallest absolute Gasteiger partial charge is 0.294 e. The van der Waals surface area contributed by atoms with Crippen LogP contribution in [0.15, 0.2) is 70.0 Å². The highest BCUT2D eigenvalue weighted by atomic mass is 32.2. The van der Waals surface area contributed by atoms with Crippen LogP contribution in [0.4, 0.5) is 19.3 Å². The SMILES string of the molecule is O=C(CN1C(=O)S/C(=C/c2ccc(-c3ccc(F)cc3F)o2)C1=O)N1CCN(c2ccccc2)CC1. The number of rotatable bonds is 5. The maximum Gasteiger partial charge on any atom is 0.294 e. The first-order valence-corrected chi connectivity index (χ1v) is 12.1. The van der Waals surface area contributed by atoms with E-state index in [1.807, 2.05) is 30.3 Å². The summed E-state index contributed by atoms with van der Waals surface area (Å²) in [5.74, 6) is -1.99. The van der Waals surface area contributed by atoms with Gasteiger partial charge in [0.15, 0.2) is 0 Å². The van der Waals surface area contributed by atoms with Gasteiger partial charge < -0.3 is 14.2 Å². The zero-order valence-electron chi connectivity index (χ0n) is 19.0. The Morgan fingerprint density at radius 3 is 2.44 bits per heavy atom. The van der Waals surface area contributed by atoms with Crippen molar-refractivity contribution in [2.45, 2.75) is 0 Å². The fourth-order valence-electron chi connectivity index (χ4n) is 4.12. The third kappa shape index (κ3) is 4.90. The van der Waals surface area contributed by atoms with E-state index in [1.54, 1.807) is 4.90 Å². The molecule has 0 N–H and O–H groups in total. The number of hydrogen-bond donors (Lipinski definition) is 0. The van der Waals surface area contributed by atoms with Gasteiger partial charge in [0.1, 0.15) is 29.7 Å². The number of halogens is 2. The second-order valence-electron chi connectivity index (χ2n) is 8.30. The highest BCUT2D eigenvalue weighted by molar-refractivity contribution is 8.18. The van der Waals surface area contributed by atoms with E-state index in [-0.39, 0.29) is 34.4 Å².